The Morgan fingerprint density at radius 1 is 1.22 bits per heavy atom. The number of nitrogens with one attached hydrogen (secondary N) is 2. The zero-order chi connectivity index (χ0) is 16.4. The number of hydrogen-bond acceptors (Lipinski definition) is 4. The lowest BCUT2D eigenvalue weighted by molar-refractivity contribution is -0.133. The van der Waals surface area contributed by atoms with E-state index >= 15 is 0 Å². The number of carbonyl (C=O) groups excluding carboxylic acids is 2. The largest absolute Gasteiger partial charge is 0.374 e. The summed E-state index contributed by atoms with van der Waals surface area (Å²) in [5.74, 6) is -0.190. The molecule has 124 valence electrons. The van der Waals surface area contributed by atoms with Crippen molar-refractivity contribution in [2.45, 2.75) is 38.6 Å². The molecule has 0 spiro atoms. The lowest BCUT2D eigenvalue weighted by Crippen LogP contribution is -2.47. The highest BCUT2D eigenvalue weighted by molar-refractivity contribution is 6.01. The molecule has 3 rings (SSSR count). The van der Waals surface area contributed by atoms with Crippen molar-refractivity contribution in [3.05, 3.63) is 24.0 Å². The fraction of sp³-hybridized carbons (Fsp3) is 0.529. The van der Waals surface area contributed by atoms with E-state index in [-0.39, 0.29) is 17.6 Å². The monoisotopic (exact) mass is 319 g/mol. The first kappa shape index (κ1) is 15.8. The van der Waals surface area contributed by atoms with Gasteiger partial charge in [0.05, 0.1) is 5.69 Å². The molecule has 2 heterocycles. The summed E-state index contributed by atoms with van der Waals surface area (Å²) in [6.45, 7) is 3.97. The molecule has 1 aromatic rings. The predicted molar refractivity (Wildman–Crippen MR) is 86.8 cm³/mol. The molecular formula is C17H22FN3O2. The molecule has 2 saturated heterocycles. The van der Waals surface area contributed by atoms with Crippen LogP contribution in [-0.4, -0.2) is 30.9 Å². The number of amides is 2. The maximum atomic E-state index is 14.4. The smallest absolute Gasteiger partial charge is 0.249 e. The second-order valence-electron chi connectivity index (χ2n) is 6.48. The second-order valence-corrected chi connectivity index (χ2v) is 6.48. The molecule has 6 heteroatoms. The minimum absolute atomic E-state index is 0.256. The van der Waals surface area contributed by atoms with Gasteiger partial charge in [0.15, 0.2) is 0 Å². The summed E-state index contributed by atoms with van der Waals surface area (Å²) in [6, 6.07) is 4.49. The zero-order valence-corrected chi connectivity index (χ0v) is 13.3. The number of rotatable bonds is 3. The van der Waals surface area contributed by atoms with E-state index in [9.17, 15) is 14.0 Å². The Bertz CT molecular complexity index is 612. The van der Waals surface area contributed by atoms with Crippen LogP contribution in [0.2, 0.25) is 0 Å². The van der Waals surface area contributed by atoms with Crippen LogP contribution in [0.5, 0.6) is 0 Å². The van der Waals surface area contributed by atoms with Gasteiger partial charge in [-0.1, -0.05) is 6.92 Å². The van der Waals surface area contributed by atoms with Crippen molar-refractivity contribution in [1.29, 1.82) is 0 Å². The number of nitrogens with zero attached hydrogens (tertiary/aromatic N) is 1. The van der Waals surface area contributed by atoms with E-state index < -0.39 is 6.04 Å². The third-order valence-electron chi connectivity index (χ3n) is 4.65. The van der Waals surface area contributed by atoms with Gasteiger partial charge in [0.25, 0.3) is 0 Å². The van der Waals surface area contributed by atoms with Crippen molar-refractivity contribution in [1.82, 2.24) is 5.32 Å². The van der Waals surface area contributed by atoms with Crippen LogP contribution in [0.4, 0.5) is 15.8 Å². The van der Waals surface area contributed by atoms with Crippen LogP contribution in [0.25, 0.3) is 0 Å². The van der Waals surface area contributed by atoms with E-state index in [4.69, 9.17) is 0 Å². The highest BCUT2D eigenvalue weighted by atomic mass is 19.1. The quantitative estimate of drug-likeness (QED) is 0.839. The van der Waals surface area contributed by atoms with Gasteiger partial charge in [-0.15, -0.1) is 0 Å². The molecule has 2 aliphatic heterocycles. The Morgan fingerprint density at radius 2 is 1.96 bits per heavy atom. The van der Waals surface area contributed by atoms with Crippen LogP contribution in [0.15, 0.2) is 18.2 Å². The number of hydrogen-bond donors (Lipinski definition) is 2. The summed E-state index contributed by atoms with van der Waals surface area (Å²) < 4.78 is 14.4. The van der Waals surface area contributed by atoms with Crippen LogP contribution in [0, 0.1) is 11.7 Å². The van der Waals surface area contributed by atoms with Gasteiger partial charge >= 0.3 is 0 Å². The average molecular weight is 319 g/mol. The summed E-state index contributed by atoms with van der Waals surface area (Å²) in [4.78, 5) is 25.0. The van der Waals surface area contributed by atoms with Crippen LogP contribution in [0.1, 0.15) is 32.6 Å². The number of carbonyl (C=O) groups is 2. The molecule has 2 aliphatic rings. The number of benzene rings is 1. The zero-order valence-electron chi connectivity index (χ0n) is 13.3. The third-order valence-corrected chi connectivity index (χ3v) is 4.65. The molecule has 2 fully saturated rings. The van der Waals surface area contributed by atoms with Crippen LogP contribution >= 0.6 is 0 Å². The molecule has 1 aromatic carbocycles. The van der Waals surface area contributed by atoms with Crippen molar-refractivity contribution in [3.8, 4) is 0 Å². The first-order chi connectivity index (χ1) is 11.0. The molecule has 0 aromatic heterocycles. The molecule has 5 nitrogen and oxygen atoms in total. The number of piperidine rings is 2. The summed E-state index contributed by atoms with van der Waals surface area (Å²) in [5, 5.41) is 5.30. The van der Waals surface area contributed by atoms with Crippen LogP contribution < -0.4 is 15.5 Å². The first-order valence-electron chi connectivity index (χ1n) is 8.17. The summed E-state index contributed by atoms with van der Waals surface area (Å²) >= 11 is 0. The Kier molecular flexibility index (Phi) is 4.50. The lowest BCUT2D eigenvalue weighted by Gasteiger charge is -2.32. The number of halogens is 1. The average Bonchev–Trinajstić information content (AvgIpc) is 2.51. The van der Waals surface area contributed by atoms with Crippen molar-refractivity contribution in [3.63, 3.8) is 0 Å². The minimum atomic E-state index is -0.492. The maximum Gasteiger partial charge on any atom is 0.249 e. The van der Waals surface area contributed by atoms with Gasteiger partial charge in [0, 0.05) is 25.2 Å². The fourth-order valence-electron chi connectivity index (χ4n) is 3.14. The maximum absolute atomic E-state index is 14.4. The second kappa shape index (κ2) is 6.56. The molecule has 2 amide bonds. The molecule has 1 atom stereocenters. The van der Waals surface area contributed by atoms with Crippen molar-refractivity contribution >= 4 is 23.2 Å². The third kappa shape index (κ3) is 3.63. The van der Waals surface area contributed by atoms with E-state index in [1.165, 1.54) is 6.07 Å². The molecule has 23 heavy (non-hydrogen) atoms. The summed E-state index contributed by atoms with van der Waals surface area (Å²) in [6.07, 6.45) is 2.89. The molecule has 0 aliphatic carbocycles. The van der Waals surface area contributed by atoms with Gasteiger partial charge < -0.3 is 10.2 Å². The van der Waals surface area contributed by atoms with E-state index in [0.717, 1.165) is 25.9 Å². The molecule has 0 bridgehead atoms. The topological polar surface area (TPSA) is 61.4 Å². The Labute approximate surface area is 135 Å². The summed E-state index contributed by atoms with van der Waals surface area (Å²) in [5.41, 5.74) is 1.18. The van der Waals surface area contributed by atoms with E-state index in [1.807, 2.05) is 0 Å². The standard InChI is InChI=1S/C17H22FN3O2/c1-11-6-8-21(9-7-11)15-4-2-12(10-13(15)18)19-14-3-5-16(22)20-17(14)23/h2,4,10-11,14,19H,3,5-9H2,1H3,(H,20,22,23). The van der Waals surface area contributed by atoms with Crippen LogP contribution in [0.3, 0.4) is 0 Å². The Balaban J connectivity index is 1.67. The molecule has 2 N–H and O–H groups in total. The van der Waals surface area contributed by atoms with Crippen molar-refractivity contribution in [2.24, 2.45) is 5.92 Å². The fourth-order valence-corrected chi connectivity index (χ4v) is 3.14. The van der Waals surface area contributed by atoms with Gasteiger partial charge in [0.1, 0.15) is 11.9 Å². The molecule has 1 unspecified atom stereocenters. The first-order valence-corrected chi connectivity index (χ1v) is 8.17. The van der Waals surface area contributed by atoms with E-state index in [1.54, 1.807) is 12.1 Å². The van der Waals surface area contributed by atoms with Gasteiger partial charge in [-0.05, 0) is 43.4 Å². The SMILES string of the molecule is CC1CCN(c2ccc(NC3CCC(=O)NC3=O)cc2F)CC1. The number of imide groups is 1. The molecule has 0 radical (unpaired) electrons. The van der Waals surface area contributed by atoms with Gasteiger partial charge in [-0.2, -0.15) is 0 Å². The van der Waals surface area contributed by atoms with Crippen molar-refractivity contribution in [2.75, 3.05) is 23.3 Å². The van der Waals surface area contributed by atoms with Crippen LogP contribution in [-0.2, 0) is 9.59 Å². The lowest BCUT2D eigenvalue weighted by atomic mass is 9.98. The van der Waals surface area contributed by atoms with Gasteiger partial charge in [0.2, 0.25) is 11.8 Å². The summed E-state index contributed by atoms with van der Waals surface area (Å²) in [7, 11) is 0. The Hall–Kier alpha value is -2.11. The minimum Gasteiger partial charge on any atom is -0.374 e. The predicted octanol–water partition coefficient (Wildman–Crippen LogP) is 2.28. The van der Waals surface area contributed by atoms with Crippen molar-refractivity contribution < 1.29 is 14.0 Å². The highest BCUT2D eigenvalue weighted by Gasteiger charge is 2.26. The molecular weight excluding hydrogens is 297 g/mol. The molecule has 0 saturated carbocycles. The Morgan fingerprint density at radius 3 is 2.61 bits per heavy atom. The van der Waals surface area contributed by atoms with E-state index in [2.05, 4.69) is 22.5 Å². The highest BCUT2D eigenvalue weighted by Crippen LogP contribution is 2.28. The normalized spacial score (nSPS) is 22.9. The van der Waals surface area contributed by atoms with E-state index in [0.29, 0.717) is 30.1 Å². The number of anilines is 2. The van der Waals surface area contributed by atoms with Gasteiger partial charge in [-0.3, -0.25) is 14.9 Å². The van der Waals surface area contributed by atoms with Gasteiger partial charge in [-0.25, -0.2) is 4.39 Å².